The van der Waals surface area contributed by atoms with Gasteiger partial charge in [-0.15, -0.1) is 0 Å². The molecule has 3 rings (SSSR count). The molecule has 0 spiro atoms. The molecular formula is C23H21N3O5. The number of benzene rings is 3. The van der Waals surface area contributed by atoms with Crippen molar-refractivity contribution >= 4 is 17.3 Å². The van der Waals surface area contributed by atoms with E-state index in [0.29, 0.717) is 29.2 Å². The largest absolute Gasteiger partial charge is 0.490 e. The van der Waals surface area contributed by atoms with Crippen LogP contribution in [0.1, 0.15) is 22.8 Å². The Hall–Kier alpha value is -4.20. The van der Waals surface area contributed by atoms with Gasteiger partial charge in [-0.1, -0.05) is 42.5 Å². The Morgan fingerprint density at radius 3 is 2.45 bits per heavy atom. The molecule has 0 atom stereocenters. The van der Waals surface area contributed by atoms with Crippen LogP contribution in [0.25, 0.3) is 0 Å². The molecule has 0 aliphatic heterocycles. The molecule has 0 fully saturated rings. The Balaban J connectivity index is 1.60. The number of hydrazone groups is 1. The van der Waals surface area contributed by atoms with E-state index in [0.717, 1.165) is 5.75 Å². The maximum absolute atomic E-state index is 12.6. The summed E-state index contributed by atoms with van der Waals surface area (Å²) >= 11 is 0. The van der Waals surface area contributed by atoms with E-state index in [1.807, 2.05) is 30.3 Å². The first kappa shape index (κ1) is 21.5. The molecule has 0 radical (unpaired) electrons. The summed E-state index contributed by atoms with van der Waals surface area (Å²) in [7, 11) is 0. The SMILES string of the molecule is CC(=NNC(=O)c1ccccc1OCCOc1ccccc1)c1cccc([N+](=O)[O-])c1. The van der Waals surface area contributed by atoms with E-state index in [1.54, 1.807) is 43.3 Å². The van der Waals surface area contributed by atoms with Crippen molar-refractivity contribution in [1.29, 1.82) is 0 Å². The summed E-state index contributed by atoms with van der Waals surface area (Å²) in [5.41, 5.74) is 3.72. The molecule has 0 bridgehead atoms. The van der Waals surface area contributed by atoms with Crippen LogP contribution in [0.4, 0.5) is 5.69 Å². The van der Waals surface area contributed by atoms with Gasteiger partial charge in [0.1, 0.15) is 24.7 Å². The van der Waals surface area contributed by atoms with E-state index in [4.69, 9.17) is 9.47 Å². The molecule has 158 valence electrons. The second kappa shape index (κ2) is 10.5. The third-order valence-electron chi connectivity index (χ3n) is 4.28. The number of amides is 1. The van der Waals surface area contributed by atoms with Crippen molar-refractivity contribution in [3.05, 3.63) is 100 Å². The molecule has 8 heteroatoms. The molecule has 3 aromatic carbocycles. The molecule has 0 heterocycles. The zero-order chi connectivity index (χ0) is 22.1. The highest BCUT2D eigenvalue weighted by molar-refractivity contribution is 6.01. The summed E-state index contributed by atoms with van der Waals surface area (Å²) in [6.45, 7) is 2.24. The van der Waals surface area contributed by atoms with Gasteiger partial charge in [0.2, 0.25) is 0 Å². The second-order valence-corrected chi connectivity index (χ2v) is 6.45. The fourth-order valence-corrected chi connectivity index (χ4v) is 2.71. The Labute approximate surface area is 179 Å². The molecule has 31 heavy (non-hydrogen) atoms. The summed E-state index contributed by atoms with van der Waals surface area (Å²) in [5.74, 6) is 0.687. The molecule has 1 amide bonds. The van der Waals surface area contributed by atoms with Crippen LogP contribution in [0, 0.1) is 10.1 Å². The van der Waals surface area contributed by atoms with Crippen molar-refractivity contribution in [3.63, 3.8) is 0 Å². The van der Waals surface area contributed by atoms with Crippen molar-refractivity contribution in [2.75, 3.05) is 13.2 Å². The van der Waals surface area contributed by atoms with Crippen LogP contribution in [0.2, 0.25) is 0 Å². The topological polar surface area (TPSA) is 103 Å². The average molecular weight is 419 g/mol. The summed E-state index contributed by atoms with van der Waals surface area (Å²) in [4.78, 5) is 23.0. The van der Waals surface area contributed by atoms with Gasteiger partial charge in [-0.2, -0.15) is 5.10 Å². The minimum absolute atomic E-state index is 0.0464. The molecule has 0 aliphatic rings. The lowest BCUT2D eigenvalue weighted by atomic mass is 10.1. The first-order valence-electron chi connectivity index (χ1n) is 9.54. The number of nitro benzene ring substituents is 1. The highest BCUT2D eigenvalue weighted by atomic mass is 16.6. The van der Waals surface area contributed by atoms with Crippen molar-refractivity contribution in [2.45, 2.75) is 6.92 Å². The highest BCUT2D eigenvalue weighted by Crippen LogP contribution is 2.18. The Bertz CT molecular complexity index is 1080. The number of nitrogens with zero attached hydrogens (tertiary/aromatic N) is 2. The standard InChI is InChI=1S/C23H21N3O5/c1-17(18-8-7-9-19(16-18)26(28)29)24-25-23(27)21-12-5-6-13-22(21)31-15-14-30-20-10-3-2-4-11-20/h2-13,16H,14-15H2,1H3,(H,25,27). The number of rotatable bonds is 9. The van der Waals surface area contributed by atoms with Gasteiger partial charge in [-0.3, -0.25) is 14.9 Å². The maximum Gasteiger partial charge on any atom is 0.275 e. The maximum atomic E-state index is 12.6. The fraction of sp³-hybridized carbons (Fsp3) is 0.130. The van der Waals surface area contributed by atoms with Gasteiger partial charge in [0, 0.05) is 17.7 Å². The zero-order valence-electron chi connectivity index (χ0n) is 16.9. The predicted molar refractivity (Wildman–Crippen MR) is 117 cm³/mol. The number of para-hydroxylation sites is 2. The number of nitro groups is 1. The summed E-state index contributed by atoms with van der Waals surface area (Å²) in [5, 5.41) is 15.0. The summed E-state index contributed by atoms with van der Waals surface area (Å²) in [6, 6.07) is 22.2. The molecule has 0 aliphatic carbocycles. The monoisotopic (exact) mass is 419 g/mol. The third-order valence-corrected chi connectivity index (χ3v) is 4.28. The molecule has 0 unspecified atom stereocenters. The molecule has 0 saturated heterocycles. The molecule has 1 N–H and O–H groups in total. The van der Waals surface area contributed by atoms with Gasteiger partial charge in [0.05, 0.1) is 16.2 Å². The van der Waals surface area contributed by atoms with Gasteiger partial charge >= 0.3 is 0 Å². The highest BCUT2D eigenvalue weighted by Gasteiger charge is 2.13. The van der Waals surface area contributed by atoms with Crippen molar-refractivity contribution in [1.82, 2.24) is 5.43 Å². The third kappa shape index (κ3) is 6.14. The smallest absolute Gasteiger partial charge is 0.275 e. The number of non-ortho nitro benzene ring substituents is 1. The molecule has 0 saturated carbocycles. The van der Waals surface area contributed by atoms with Gasteiger partial charge in [-0.05, 0) is 31.2 Å². The number of carbonyl (C=O) groups excluding carboxylic acids is 1. The van der Waals surface area contributed by atoms with E-state index in [2.05, 4.69) is 10.5 Å². The van der Waals surface area contributed by atoms with Crippen molar-refractivity contribution in [2.24, 2.45) is 5.10 Å². The number of hydrogen-bond acceptors (Lipinski definition) is 6. The van der Waals surface area contributed by atoms with Gasteiger partial charge in [0.15, 0.2) is 0 Å². The van der Waals surface area contributed by atoms with Crippen LogP contribution in [0.5, 0.6) is 11.5 Å². The quantitative estimate of drug-likeness (QED) is 0.242. The Morgan fingerprint density at radius 2 is 1.68 bits per heavy atom. The van der Waals surface area contributed by atoms with Crippen LogP contribution < -0.4 is 14.9 Å². The lowest BCUT2D eigenvalue weighted by Crippen LogP contribution is -2.21. The fourth-order valence-electron chi connectivity index (χ4n) is 2.71. The molecule has 0 aromatic heterocycles. The first-order valence-corrected chi connectivity index (χ1v) is 9.54. The van der Waals surface area contributed by atoms with Crippen LogP contribution in [-0.2, 0) is 0 Å². The molecule has 3 aromatic rings. The summed E-state index contributed by atoms with van der Waals surface area (Å²) < 4.78 is 11.3. The Kier molecular flexibility index (Phi) is 7.31. The Morgan fingerprint density at radius 1 is 0.968 bits per heavy atom. The number of ether oxygens (including phenoxy) is 2. The predicted octanol–water partition coefficient (Wildman–Crippen LogP) is 4.21. The minimum Gasteiger partial charge on any atom is -0.490 e. The zero-order valence-corrected chi connectivity index (χ0v) is 16.9. The molecule has 8 nitrogen and oxygen atoms in total. The first-order chi connectivity index (χ1) is 15.0. The van der Waals surface area contributed by atoms with E-state index in [9.17, 15) is 14.9 Å². The lowest BCUT2D eigenvalue weighted by molar-refractivity contribution is -0.384. The number of hydrogen-bond donors (Lipinski definition) is 1. The lowest BCUT2D eigenvalue weighted by Gasteiger charge is -2.11. The van der Waals surface area contributed by atoms with Crippen LogP contribution in [0.15, 0.2) is 84.0 Å². The van der Waals surface area contributed by atoms with E-state index in [1.165, 1.54) is 12.1 Å². The summed E-state index contributed by atoms with van der Waals surface area (Å²) in [6.07, 6.45) is 0. The normalized spacial score (nSPS) is 10.9. The van der Waals surface area contributed by atoms with E-state index in [-0.39, 0.29) is 12.3 Å². The van der Waals surface area contributed by atoms with Crippen LogP contribution in [0.3, 0.4) is 0 Å². The van der Waals surface area contributed by atoms with Crippen molar-refractivity contribution < 1.29 is 19.2 Å². The van der Waals surface area contributed by atoms with Gasteiger partial charge in [0.25, 0.3) is 11.6 Å². The number of nitrogens with one attached hydrogen (secondary N) is 1. The van der Waals surface area contributed by atoms with E-state index < -0.39 is 10.8 Å². The van der Waals surface area contributed by atoms with Gasteiger partial charge < -0.3 is 9.47 Å². The van der Waals surface area contributed by atoms with E-state index >= 15 is 0 Å². The van der Waals surface area contributed by atoms with Crippen LogP contribution in [-0.4, -0.2) is 29.8 Å². The molecular weight excluding hydrogens is 398 g/mol. The average Bonchev–Trinajstić information content (AvgIpc) is 2.81. The minimum atomic E-state index is -0.482. The van der Waals surface area contributed by atoms with Gasteiger partial charge in [-0.25, -0.2) is 5.43 Å². The number of carbonyl (C=O) groups is 1. The van der Waals surface area contributed by atoms with Crippen molar-refractivity contribution in [3.8, 4) is 11.5 Å². The second-order valence-electron chi connectivity index (χ2n) is 6.45. The van der Waals surface area contributed by atoms with Crippen LogP contribution >= 0.6 is 0 Å².